The zero-order valence-electron chi connectivity index (χ0n) is 34.1. The van der Waals surface area contributed by atoms with Crippen LogP contribution >= 0.6 is 0 Å². The fourth-order valence-electron chi connectivity index (χ4n) is 7.50. The maximum Gasteiger partial charge on any atom is 0.305 e. The second-order valence-corrected chi connectivity index (χ2v) is 15.9. The van der Waals surface area contributed by atoms with Crippen LogP contribution in [0, 0.1) is 17.8 Å². The van der Waals surface area contributed by atoms with Crippen LogP contribution < -0.4 is 0 Å². The number of ether oxygens (including phenoxy) is 2. The smallest absolute Gasteiger partial charge is 0.305 e. The molecule has 1 rings (SSSR count). The highest BCUT2D eigenvalue weighted by molar-refractivity contribution is 5.69. The molecular formula is C46H83NO4. The summed E-state index contributed by atoms with van der Waals surface area (Å²) in [6, 6.07) is 0. The van der Waals surface area contributed by atoms with Crippen LogP contribution in [0.1, 0.15) is 207 Å². The summed E-state index contributed by atoms with van der Waals surface area (Å²) < 4.78 is 11.0. The van der Waals surface area contributed by atoms with Crippen molar-refractivity contribution < 1.29 is 19.1 Å². The van der Waals surface area contributed by atoms with Gasteiger partial charge in [-0.05, 0) is 101 Å². The Morgan fingerprint density at radius 3 is 1.65 bits per heavy atom. The molecule has 51 heavy (non-hydrogen) atoms. The van der Waals surface area contributed by atoms with Gasteiger partial charge in [0.1, 0.15) is 0 Å². The fourth-order valence-corrected chi connectivity index (χ4v) is 7.50. The fraction of sp³-hybridized carbons (Fsp3) is 0.870. The summed E-state index contributed by atoms with van der Waals surface area (Å²) in [6.07, 6.45) is 36.5. The topological polar surface area (TPSA) is 55.8 Å². The molecule has 1 heterocycles. The van der Waals surface area contributed by atoms with Gasteiger partial charge >= 0.3 is 11.9 Å². The average Bonchev–Trinajstić information content (AvgIpc) is 3.13. The molecule has 0 spiro atoms. The number of piperidine rings is 1. The normalized spacial score (nSPS) is 15.0. The van der Waals surface area contributed by atoms with E-state index in [-0.39, 0.29) is 11.9 Å². The summed E-state index contributed by atoms with van der Waals surface area (Å²) in [7, 11) is 0. The number of esters is 2. The lowest BCUT2D eigenvalue weighted by Crippen LogP contribution is -2.34. The van der Waals surface area contributed by atoms with Gasteiger partial charge in [-0.15, -0.1) is 0 Å². The molecule has 0 radical (unpaired) electrons. The van der Waals surface area contributed by atoms with Gasteiger partial charge < -0.3 is 14.4 Å². The first kappa shape index (κ1) is 47.2. The van der Waals surface area contributed by atoms with Gasteiger partial charge in [-0.2, -0.15) is 0 Å². The Labute approximate surface area is 316 Å². The Kier molecular flexibility index (Phi) is 32.6. The summed E-state index contributed by atoms with van der Waals surface area (Å²) in [5.41, 5.74) is 5.68. The first-order chi connectivity index (χ1) is 25.0. The summed E-state index contributed by atoms with van der Waals surface area (Å²) in [6.45, 7) is 15.3. The number of allylic oxidation sites excluding steroid dienone is 1. The Bertz CT molecular complexity index is 899. The van der Waals surface area contributed by atoms with Gasteiger partial charge in [-0.3, -0.25) is 9.59 Å². The molecule has 0 aromatic heterocycles. The van der Waals surface area contributed by atoms with E-state index in [4.69, 9.17) is 9.47 Å². The van der Waals surface area contributed by atoms with Crippen molar-refractivity contribution in [2.45, 2.75) is 207 Å². The van der Waals surface area contributed by atoms with E-state index < -0.39 is 0 Å². The van der Waals surface area contributed by atoms with E-state index in [2.05, 4.69) is 43.7 Å². The van der Waals surface area contributed by atoms with Gasteiger partial charge in [0, 0.05) is 19.4 Å². The third-order valence-electron chi connectivity index (χ3n) is 11.0. The quantitative estimate of drug-likeness (QED) is 0.0372. The van der Waals surface area contributed by atoms with E-state index >= 15 is 0 Å². The molecule has 0 bridgehead atoms. The first-order valence-electron chi connectivity index (χ1n) is 22.1. The van der Waals surface area contributed by atoms with Gasteiger partial charge in [0.2, 0.25) is 0 Å². The molecule has 1 aliphatic heterocycles. The van der Waals surface area contributed by atoms with Crippen LogP contribution in [0.3, 0.4) is 0 Å². The van der Waals surface area contributed by atoms with Crippen LogP contribution in [-0.4, -0.2) is 49.7 Å². The van der Waals surface area contributed by atoms with Crippen molar-refractivity contribution in [1.82, 2.24) is 4.90 Å². The van der Waals surface area contributed by atoms with Crippen LogP contribution in [0.2, 0.25) is 0 Å². The maximum absolute atomic E-state index is 12.2. The van der Waals surface area contributed by atoms with Gasteiger partial charge in [0.25, 0.3) is 0 Å². The van der Waals surface area contributed by atoms with Crippen molar-refractivity contribution >= 4 is 11.9 Å². The van der Waals surface area contributed by atoms with Crippen LogP contribution in [0.5, 0.6) is 0 Å². The lowest BCUT2D eigenvalue weighted by molar-refractivity contribution is -0.145. The molecule has 0 amide bonds. The van der Waals surface area contributed by atoms with Crippen molar-refractivity contribution in [2.75, 3.05) is 32.8 Å². The van der Waals surface area contributed by atoms with E-state index in [1.807, 2.05) is 6.08 Å². The largest absolute Gasteiger partial charge is 0.466 e. The Hall–Kier alpha value is -1.80. The number of hydrogen-bond donors (Lipinski definition) is 0. The predicted molar refractivity (Wildman–Crippen MR) is 217 cm³/mol. The maximum atomic E-state index is 12.2. The van der Waals surface area contributed by atoms with Gasteiger partial charge in [-0.1, -0.05) is 148 Å². The van der Waals surface area contributed by atoms with Crippen LogP contribution in [0.15, 0.2) is 24.1 Å². The molecule has 1 aliphatic rings. The van der Waals surface area contributed by atoms with Crippen molar-refractivity contribution in [3.63, 3.8) is 0 Å². The number of likely N-dealkylation sites (tertiary alicyclic amines) is 1. The highest BCUT2D eigenvalue weighted by Gasteiger charge is 2.16. The monoisotopic (exact) mass is 714 g/mol. The molecule has 0 aliphatic carbocycles. The van der Waals surface area contributed by atoms with Gasteiger partial charge in [0.05, 0.1) is 13.2 Å². The number of hydrogen-bond acceptors (Lipinski definition) is 5. The number of carbonyl (C=O) groups excluding carboxylic acids is 2. The molecule has 0 aromatic rings. The van der Waals surface area contributed by atoms with E-state index in [1.165, 1.54) is 148 Å². The summed E-state index contributed by atoms with van der Waals surface area (Å²) in [5, 5.41) is 0. The lowest BCUT2D eigenvalue weighted by atomic mass is 9.93. The van der Waals surface area contributed by atoms with Crippen LogP contribution in [-0.2, 0) is 19.1 Å². The van der Waals surface area contributed by atoms with E-state index in [0.717, 1.165) is 50.9 Å². The predicted octanol–water partition coefficient (Wildman–Crippen LogP) is 13.1. The van der Waals surface area contributed by atoms with E-state index in [9.17, 15) is 9.59 Å². The Morgan fingerprint density at radius 1 is 0.627 bits per heavy atom. The first-order valence-corrected chi connectivity index (χ1v) is 22.1. The molecular weight excluding hydrogens is 631 g/mol. The average molecular weight is 714 g/mol. The number of carbonyl (C=O) groups is 2. The molecule has 0 saturated carbocycles. The molecule has 5 heteroatoms. The van der Waals surface area contributed by atoms with E-state index in [0.29, 0.717) is 37.9 Å². The second kappa shape index (κ2) is 35.2. The number of nitrogens with zero attached hydrogens (tertiary/aromatic N) is 1. The minimum absolute atomic E-state index is 0.000623. The molecule has 0 aromatic carbocycles. The molecule has 3 atom stereocenters. The van der Waals surface area contributed by atoms with Gasteiger partial charge in [0.15, 0.2) is 0 Å². The number of rotatable bonds is 35. The van der Waals surface area contributed by atoms with Crippen molar-refractivity contribution in [3.05, 3.63) is 24.1 Å². The summed E-state index contributed by atoms with van der Waals surface area (Å²) in [4.78, 5) is 27.0. The van der Waals surface area contributed by atoms with Crippen molar-refractivity contribution in [2.24, 2.45) is 17.8 Å². The third-order valence-corrected chi connectivity index (χ3v) is 11.0. The van der Waals surface area contributed by atoms with Crippen LogP contribution in [0.4, 0.5) is 0 Å². The summed E-state index contributed by atoms with van der Waals surface area (Å²) in [5.74, 6) is 1.86. The molecule has 0 N–H and O–H groups in total. The minimum atomic E-state index is -0.0421. The van der Waals surface area contributed by atoms with Crippen molar-refractivity contribution in [1.29, 1.82) is 0 Å². The minimum Gasteiger partial charge on any atom is -0.466 e. The number of unbranched alkanes of at least 4 members (excludes halogenated alkanes) is 14. The zero-order chi connectivity index (χ0) is 37.0. The SMILES string of the molecule is C=C=C=CC(CCCC)CCOC(=O)CCCCCCCCCC(CCCCCCCCCC(=O)OCCC(C)CCCC)CN1CCCCC1. The molecule has 5 nitrogen and oxygen atoms in total. The van der Waals surface area contributed by atoms with Crippen molar-refractivity contribution in [3.8, 4) is 0 Å². The molecule has 3 unspecified atom stereocenters. The molecule has 1 fully saturated rings. The standard InChI is InChI=1S/C46H83NO4/c1-5-8-28-42(4)35-39-50-45(48)33-24-19-15-11-13-17-22-31-44(41-47-37-26-21-27-38-47)32-23-18-14-12-16-20-25-34-46(49)51-40-36-43(29-9-6-2)30-10-7-3/h29,42-44H,2,5,7-8,10-28,30-41H2,1,3-4H3. The van der Waals surface area contributed by atoms with Gasteiger partial charge in [-0.25, -0.2) is 0 Å². The molecule has 296 valence electrons. The van der Waals surface area contributed by atoms with E-state index in [1.54, 1.807) is 0 Å². The Balaban J connectivity index is 2.10. The molecule has 1 saturated heterocycles. The highest BCUT2D eigenvalue weighted by Crippen LogP contribution is 2.23. The highest BCUT2D eigenvalue weighted by atomic mass is 16.5. The summed E-state index contributed by atoms with van der Waals surface area (Å²) >= 11 is 0. The zero-order valence-corrected chi connectivity index (χ0v) is 34.1. The lowest BCUT2D eigenvalue weighted by Gasteiger charge is -2.30. The third kappa shape index (κ3) is 30.4. The Morgan fingerprint density at radius 2 is 1.12 bits per heavy atom. The van der Waals surface area contributed by atoms with Crippen LogP contribution in [0.25, 0.3) is 0 Å². The second-order valence-electron chi connectivity index (χ2n) is 15.9.